The predicted octanol–water partition coefficient (Wildman–Crippen LogP) is 5.19. The summed E-state index contributed by atoms with van der Waals surface area (Å²) in [5, 5.41) is 31.2. The fourth-order valence-electron chi connectivity index (χ4n) is 4.66. The summed E-state index contributed by atoms with van der Waals surface area (Å²) in [6.07, 6.45) is -0.743. The maximum Gasteiger partial charge on any atom is 0.573 e. The first-order chi connectivity index (χ1) is 19.2. The van der Waals surface area contributed by atoms with Crippen LogP contribution >= 0.6 is 0 Å². The highest BCUT2D eigenvalue weighted by Gasteiger charge is 2.32. The molecule has 1 fully saturated rings. The lowest BCUT2D eigenvalue weighted by molar-refractivity contribution is -0.384. The van der Waals surface area contributed by atoms with E-state index in [1.165, 1.54) is 18.2 Å². The summed E-state index contributed by atoms with van der Waals surface area (Å²) in [6.45, 7) is 0.853. The Hall–Kier alpha value is -3.97. The molecule has 0 spiro atoms. The van der Waals surface area contributed by atoms with E-state index in [0.717, 1.165) is 37.4 Å². The van der Waals surface area contributed by atoms with E-state index in [-0.39, 0.29) is 47.3 Å². The van der Waals surface area contributed by atoms with Gasteiger partial charge in [-0.15, -0.1) is 13.2 Å². The second-order valence-corrected chi connectivity index (χ2v) is 9.63. The number of aliphatic hydroxyl groups excluding tert-OH is 1. The van der Waals surface area contributed by atoms with Crippen LogP contribution in [0.2, 0.25) is 0 Å². The summed E-state index contributed by atoms with van der Waals surface area (Å²) in [6, 6.07) is 15.4. The number of hydrogen-bond donors (Lipinski definition) is 4. The molecule has 4 rings (SSSR count). The number of nitrogens with one attached hydrogen (secondary N) is 3. The highest BCUT2D eigenvalue weighted by Crippen LogP contribution is 2.29. The van der Waals surface area contributed by atoms with Crippen molar-refractivity contribution in [3.63, 3.8) is 0 Å². The molecule has 214 valence electrons. The molecule has 4 N–H and O–H groups in total. The van der Waals surface area contributed by atoms with Crippen LogP contribution in [0.5, 0.6) is 5.75 Å². The molecule has 40 heavy (non-hydrogen) atoms. The van der Waals surface area contributed by atoms with Crippen molar-refractivity contribution in [3.05, 3.63) is 82.0 Å². The molecule has 1 aliphatic carbocycles. The van der Waals surface area contributed by atoms with Crippen molar-refractivity contribution in [2.75, 3.05) is 23.7 Å². The van der Waals surface area contributed by atoms with Gasteiger partial charge in [0.2, 0.25) is 11.8 Å². The Kier molecular flexibility index (Phi) is 9.72. The molecule has 0 saturated heterocycles. The smallest absolute Gasteiger partial charge is 0.405 e. The Balaban J connectivity index is 1.29. The van der Waals surface area contributed by atoms with Crippen LogP contribution in [0.1, 0.15) is 42.9 Å². The third-order valence-electron chi connectivity index (χ3n) is 6.79. The minimum atomic E-state index is -4.84. The highest BCUT2D eigenvalue weighted by atomic mass is 19.4. The summed E-state index contributed by atoms with van der Waals surface area (Å²) in [5.74, 6) is -0.0229. The monoisotopic (exact) mass is 560 g/mol. The molecule has 0 amide bonds. The quantitative estimate of drug-likeness (QED) is 0.174. The lowest BCUT2D eigenvalue weighted by Crippen LogP contribution is -2.37. The van der Waals surface area contributed by atoms with Crippen LogP contribution < -0.4 is 20.7 Å². The van der Waals surface area contributed by atoms with Gasteiger partial charge in [0.25, 0.3) is 0 Å². The molecule has 2 aromatic carbocycles. The van der Waals surface area contributed by atoms with Crippen LogP contribution in [0.4, 0.5) is 30.6 Å². The van der Waals surface area contributed by atoms with Crippen molar-refractivity contribution < 1.29 is 27.9 Å². The molecule has 13 heteroatoms. The molecule has 1 atom stereocenters. The molecule has 0 radical (unpaired) electrons. The van der Waals surface area contributed by atoms with Gasteiger partial charge in [0, 0.05) is 31.2 Å². The first-order valence-electron chi connectivity index (χ1n) is 13.0. The van der Waals surface area contributed by atoms with E-state index in [4.69, 9.17) is 0 Å². The molecule has 0 unspecified atom stereocenters. The molecular weight excluding hydrogens is 529 g/mol. The van der Waals surface area contributed by atoms with E-state index < -0.39 is 17.4 Å². The normalized spacial score (nSPS) is 18.1. The van der Waals surface area contributed by atoms with Gasteiger partial charge in [-0.3, -0.25) is 10.1 Å². The first-order valence-corrected chi connectivity index (χ1v) is 13.0. The summed E-state index contributed by atoms with van der Waals surface area (Å²) in [7, 11) is 0. The number of aromatic nitrogens is 2. The van der Waals surface area contributed by atoms with E-state index in [9.17, 15) is 28.4 Å². The maximum absolute atomic E-state index is 12.7. The van der Waals surface area contributed by atoms with E-state index >= 15 is 0 Å². The minimum Gasteiger partial charge on any atom is -0.405 e. The van der Waals surface area contributed by atoms with Gasteiger partial charge in [-0.25, -0.2) is 4.98 Å². The van der Waals surface area contributed by atoms with Gasteiger partial charge in [-0.1, -0.05) is 48.5 Å². The largest absolute Gasteiger partial charge is 0.573 e. The number of anilines is 2. The van der Waals surface area contributed by atoms with Crippen LogP contribution in [-0.4, -0.2) is 45.5 Å². The summed E-state index contributed by atoms with van der Waals surface area (Å²) in [4.78, 5) is 19.1. The molecular formula is C27H31F3N6O4. The van der Waals surface area contributed by atoms with Crippen molar-refractivity contribution >= 4 is 17.5 Å². The van der Waals surface area contributed by atoms with Crippen molar-refractivity contribution in [1.29, 1.82) is 0 Å². The molecule has 0 aliphatic heterocycles. The summed E-state index contributed by atoms with van der Waals surface area (Å²) >= 11 is 0. The average molecular weight is 561 g/mol. The Labute approximate surface area is 229 Å². The lowest BCUT2D eigenvalue weighted by Gasteiger charge is -2.30. The van der Waals surface area contributed by atoms with Gasteiger partial charge in [-0.05, 0) is 43.2 Å². The first kappa shape index (κ1) is 29.0. The highest BCUT2D eigenvalue weighted by molar-refractivity contribution is 5.57. The standard InChI is InChI=1S/C27H31F3N6O4/c28-27(29,30)40-24-9-5-4-8-20(24)15-33-26-34-16-22(36(38)39)25(35-26)32-14-18-10-12-21(13-11-18)31-17-23(37)19-6-2-1-3-7-19/h1-9,16,18,21,23,31,37H,10-15,17H2,(H2,32,33,34,35)/t18?,21?,23-/m1/s1. The topological polar surface area (TPSA) is 134 Å². The van der Waals surface area contributed by atoms with Crippen molar-refractivity contribution in [1.82, 2.24) is 15.3 Å². The van der Waals surface area contributed by atoms with Crippen LogP contribution in [0, 0.1) is 16.0 Å². The fraction of sp³-hybridized carbons (Fsp3) is 0.407. The van der Waals surface area contributed by atoms with Crippen LogP contribution in [0.15, 0.2) is 60.8 Å². The van der Waals surface area contributed by atoms with Crippen molar-refractivity contribution in [3.8, 4) is 5.75 Å². The summed E-state index contributed by atoms with van der Waals surface area (Å²) < 4.78 is 42.2. The lowest BCUT2D eigenvalue weighted by atomic mass is 9.86. The second-order valence-electron chi connectivity index (χ2n) is 9.63. The second kappa shape index (κ2) is 13.4. The molecule has 0 bridgehead atoms. The van der Waals surface area contributed by atoms with Gasteiger partial charge < -0.3 is 25.8 Å². The predicted molar refractivity (Wildman–Crippen MR) is 143 cm³/mol. The minimum absolute atomic E-state index is 0.0276. The molecule has 10 nitrogen and oxygen atoms in total. The Bertz CT molecular complexity index is 1260. The van der Waals surface area contributed by atoms with E-state index in [2.05, 4.69) is 30.7 Å². The number of alkyl halides is 3. The number of hydrogen-bond acceptors (Lipinski definition) is 9. The van der Waals surface area contributed by atoms with Crippen molar-refractivity contribution in [2.24, 2.45) is 5.92 Å². The van der Waals surface area contributed by atoms with E-state index in [0.29, 0.717) is 13.1 Å². The van der Waals surface area contributed by atoms with Gasteiger partial charge in [-0.2, -0.15) is 4.98 Å². The number of aliphatic hydroxyl groups is 1. The zero-order valence-electron chi connectivity index (χ0n) is 21.6. The molecule has 3 aromatic rings. The number of rotatable bonds is 12. The summed E-state index contributed by atoms with van der Waals surface area (Å²) in [5.41, 5.74) is 0.793. The number of para-hydroxylation sites is 1. The Morgan fingerprint density at radius 2 is 1.75 bits per heavy atom. The number of halogens is 3. The van der Waals surface area contributed by atoms with E-state index in [1.807, 2.05) is 30.3 Å². The van der Waals surface area contributed by atoms with Crippen LogP contribution in [0.3, 0.4) is 0 Å². The zero-order chi connectivity index (χ0) is 28.5. The fourth-order valence-corrected chi connectivity index (χ4v) is 4.66. The maximum atomic E-state index is 12.7. The van der Waals surface area contributed by atoms with Crippen molar-refractivity contribution in [2.45, 2.75) is 50.7 Å². The number of nitrogens with zero attached hydrogens (tertiary/aromatic N) is 3. The number of nitro groups is 1. The molecule has 1 aromatic heterocycles. The molecule has 1 saturated carbocycles. The zero-order valence-corrected chi connectivity index (χ0v) is 21.6. The van der Waals surface area contributed by atoms with Gasteiger partial charge in [0.05, 0.1) is 11.0 Å². The van der Waals surface area contributed by atoms with E-state index in [1.54, 1.807) is 6.07 Å². The van der Waals surface area contributed by atoms with Gasteiger partial charge >= 0.3 is 12.0 Å². The van der Waals surface area contributed by atoms with Gasteiger partial charge in [0.15, 0.2) is 0 Å². The Morgan fingerprint density at radius 3 is 2.45 bits per heavy atom. The van der Waals surface area contributed by atoms with Crippen LogP contribution in [-0.2, 0) is 6.54 Å². The molecule has 1 aliphatic rings. The van der Waals surface area contributed by atoms with Gasteiger partial charge in [0.1, 0.15) is 11.9 Å². The third kappa shape index (κ3) is 8.52. The van der Waals surface area contributed by atoms with Crippen LogP contribution in [0.25, 0.3) is 0 Å². The molecule has 1 heterocycles. The number of benzene rings is 2. The SMILES string of the molecule is O=[N+]([O-])c1cnc(NCc2ccccc2OC(F)(F)F)nc1NCC1CCC(NC[C@@H](O)c2ccccc2)CC1. The number of ether oxygens (including phenoxy) is 1. The average Bonchev–Trinajstić information content (AvgIpc) is 2.94. The third-order valence-corrected chi connectivity index (χ3v) is 6.79. The Morgan fingerprint density at radius 1 is 1.05 bits per heavy atom.